The number of nitrogens with zero attached hydrogens (tertiary/aromatic N) is 4. The molecular weight excluding hydrogens is 657 g/mol. The highest BCUT2D eigenvalue weighted by molar-refractivity contribution is 5.83. The highest BCUT2D eigenvalue weighted by Crippen LogP contribution is 2.43. The summed E-state index contributed by atoms with van der Waals surface area (Å²) in [5.74, 6) is -0.391. The van der Waals surface area contributed by atoms with E-state index >= 15 is 0 Å². The van der Waals surface area contributed by atoms with E-state index in [0.29, 0.717) is 22.7 Å². The number of nitrogens with one attached hydrogen (secondary N) is 2. The number of hydrogen-bond acceptors (Lipinski definition) is 10. The Morgan fingerprint density at radius 2 is 1.52 bits per heavy atom. The maximum absolute atomic E-state index is 12.5. The molecule has 1 fully saturated rings. The van der Waals surface area contributed by atoms with Crippen LogP contribution in [0.4, 0.5) is 19.0 Å². The molecule has 1 aliphatic heterocycles. The van der Waals surface area contributed by atoms with E-state index in [0.717, 1.165) is 16.7 Å². The molecule has 262 valence electrons. The number of benzene rings is 3. The number of anilines is 1. The Labute approximate surface area is 285 Å². The lowest BCUT2D eigenvalue weighted by molar-refractivity contribution is -0.173. The summed E-state index contributed by atoms with van der Waals surface area (Å²) in [6.07, 6.45) is -4.29. The van der Waals surface area contributed by atoms with Gasteiger partial charge in [0.15, 0.2) is 17.0 Å². The average molecular weight is 693 g/mol. The van der Waals surface area contributed by atoms with Crippen molar-refractivity contribution in [3.63, 3.8) is 0 Å². The minimum atomic E-state index is -4.97. The van der Waals surface area contributed by atoms with Gasteiger partial charge in [0, 0.05) is 19.5 Å². The van der Waals surface area contributed by atoms with Gasteiger partial charge in [0.2, 0.25) is 0 Å². The maximum Gasteiger partial charge on any atom is 0.471 e. The van der Waals surface area contributed by atoms with Crippen LogP contribution in [0.3, 0.4) is 0 Å². The third-order valence-electron chi connectivity index (χ3n) is 8.47. The number of alkyl halides is 3. The molecule has 1 aliphatic rings. The summed E-state index contributed by atoms with van der Waals surface area (Å²) in [5, 5.41) is 15.9. The number of aliphatic hydroxyl groups excluding tert-OH is 1. The van der Waals surface area contributed by atoms with Crippen molar-refractivity contribution in [3.8, 4) is 11.5 Å². The number of imidazole rings is 1. The first-order chi connectivity index (χ1) is 24.1. The SMILES string of the molecule is COc1ccc(C(OC[C@H]2O[C@@H](n3cnc4c(NCCNC(=O)C(F)(F)F)ncnc43)C[C@@H]2O)(c2ccccc2)c2ccc(OC)cc2)cc1. The second kappa shape index (κ2) is 14.7. The van der Waals surface area contributed by atoms with Crippen LogP contribution < -0.4 is 20.1 Å². The van der Waals surface area contributed by atoms with Gasteiger partial charge in [-0.05, 0) is 41.0 Å². The van der Waals surface area contributed by atoms with Crippen LogP contribution in [0.1, 0.15) is 29.3 Å². The summed E-state index contributed by atoms with van der Waals surface area (Å²) in [5.41, 5.74) is 2.12. The van der Waals surface area contributed by atoms with Crippen LogP contribution >= 0.6 is 0 Å². The number of hydrogen-bond donors (Lipinski definition) is 3. The number of carbonyl (C=O) groups is 1. The standard InChI is InChI=1S/C35H35F3N6O6/c1-47-25-12-8-23(9-13-25)34(22-6-4-3-5-7-22,24-10-14-26(48-2)15-11-24)49-19-28-27(45)18-29(50-28)44-21-43-30-31(41-20-42-32(30)44)39-16-17-40-33(46)35(36,37)38/h3-15,20-21,27-29,45H,16-19H2,1-2H3,(H,40,46)(H,39,41,42)/t27-,28+,29+/m0/s1. The van der Waals surface area contributed by atoms with Crippen LogP contribution in [-0.2, 0) is 19.9 Å². The molecule has 12 nitrogen and oxygen atoms in total. The lowest BCUT2D eigenvalue weighted by Crippen LogP contribution is -2.39. The average Bonchev–Trinajstić information content (AvgIpc) is 3.74. The number of rotatable bonds is 13. The Bertz CT molecular complexity index is 1840. The fraction of sp³-hybridized carbons (Fsp3) is 0.314. The minimum absolute atomic E-state index is 0.00266. The van der Waals surface area contributed by atoms with Crippen molar-refractivity contribution in [2.45, 2.75) is 36.6 Å². The monoisotopic (exact) mass is 692 g/mol. The molecule has 3 N–H and O–H groups in total. The first kappa shape index (κ1) is 34.6. The number of aromatic nitrogens is 4. The highest BCUT2D eigenvalue weighted by atomic mass is 19.4. The van der Waals surface area contributed by atoms with Crippen molar-refractivity contribution in [1.29, 1.82) is 0 Å². The molecule has 3 atom stereocenters. The largest absolute Gasteiger partial charge is 0.497 e. The molecule has 5 aromatic rings. The van der Waals surface area contributed by atoms with E-state index < -0.39 is 36.1 Å². The third kappa shape index (κ3) is 7.06. The van der Waals surface area contributed by atoms with Crippen molar-refractivity contribution in [3.05, 3.63) is 108 Å². The molecule has 0 saturated carbocycles. The summed E-state index contributed by atoms with van der Waals surface area (Å²) in [6, 6.07) is 25.0. The van der Waals surface area contributed by atoms with Gasteiger partial charge in [0.05, 0.1) is 33.3 Å². The van der Waals surface area contributed by atoms with Crippen LogP contribution in [-0.4, -0.2) is 82.8 Å². The molecule has 1 amide bonds. The molecule has 1 saturated heterocycles. The first-order valence-electron chi connectivity index (χ1n) is 15.7. The van der Waals surface area contributed by atoms with Gasteiger partial charge in [-0.2, -0.15) is 13.2 Å². The molecule has 0 bridgehead atoms. The third-order valence-corrected chi connectivity index (χ3v) is 8.47. The van der Waals surface area contributed by atoms with Gasteiger partial charge in [0.25, 0.3) is 0 Å². The number of fused-ring (bicyclic) bond motifs is 1. The second-order valence-electron chi connectivity index (χ2n) is 11.5. The number of ether oxygens (including phenoxy) is 4. The van der Waals surface area contributed by atoms with Crippen LogP contribution in [0.5, 0.6) is 11.5 Å². The van der Waals surface area contributed by atoms with Crippen molar-refractivity contribution >= 4 is 22.9 Å². The Kier molecular flexibility index (Phi) is 10.2. The van der Waals surface area contributed by atoms with E-state index in [-0.39, 0.29) is 31.9 Å². The maximum atomic E-state index is 12.5. The number of amides is 1. The molecule has 0 radical (unpaired) electrons. The molecule has 3 aromatic carbocycles. The minimum Gasteiger partial charge on any atom is -0.497 e. The molecule has 0 aliphatic carbocycles. The van der Waals surface area contributed by atoms with E-state index in [9.17, 15) is 23.1 Å². The van der Waals surface area contributed by atoms with Crippen LogP contribution in [0, 0.1) is 0 Å². The summed E-state index contributed by atoms with van der Waals surface area (Å²) in [4.78, 5) is 24.0. The van der Waals surface area contributed by atoms with E-state index in [2.05, 4.69) is 20.3 Å². The highest BCUT2D eigenvalue weighted by Gasteiger charge is 2.42. The Morgan fingerprint density at radius 1 is 0.900 bits per heavy atom. The van der Waals surface area contributed by atoms with Gasteiger partial charge in [-0.15, -0.1) is 0 Å². The van der Waals surface area contributed by atoms with Gasteiger partial charge in [-0.1, -0.05) is 54.6 Å². The van der Waals surface area contributed by atoms with E-state index in [1.807, 2.05) is 78.9 Å². The molecule has 2 aromatic heterocycles. The smallest absolute Gasteiger partial charge is 0.471 e. The zero-order valence-electron chi connectivity index (χ0n) is 27.1. The van der Waals surface area contributed by atoms with Gasteiger partial charge >= 0.3 is 12.1 Å². The summed E-state index contributed by atoms with van der Waals surface area (Å²) < 4.78 is 63.3. The topological polar surface area (TPSA) is 142 Å². The molecule has 0 spiro atoms. The Morgan fingerprint density at radius 3 is 2.12 bits per heavy atom. The Hall–Kier alpha value is -5.25. The molecule has 50 heavy (non-hydrogen) atoms. The summed E-state index contributed by atoms with van der Waals surface area (Å²) in [7, 11) is 3.20. The van der Waals surface area contributed by atoms with Crippen LogP contribution in [0.2, 0.25) is 0 Å². The number of carbonyl (C=O) groups excluding carboxylic acids is 1. The molecule has 6 rings (SSSR count). The van der Waals surface area contributed by atoms with E-state index in [4.69, 9.17) is 18.9 Å². The Balaban J connectivity index is 1.24. The van der Waals surface area contributed by atoms with E-state index in [1.165, 1.54) is 12.7 Å². The van der Waals surface area contributed by atoms with Gasteiger partial charge in [-0.25, -0.2) is 15.0 Å². The number of aliphatic hydroxyl groups is 1. The zero-order valence-corrected chi connectivity index (χ0v) is 27.1. The molecule has 15 heteroatoms. The van der Waals surface area contributed by atoms with E-state index in [1.54, 1.807) is 24.1 Å². The summed E-state index contributed by atoms with van der Waals surface area (Å²) >= 11 is 0. The predicted molar refractivity (Wildman–Crippen MR) is 176 cm³/mol. The number of methoxy groups -OCH3 is 2. The summed E-state index contributed by atoms with van der Waals surface area (Å²) in [6.45, 7) is -0.325. The van der Waals surface area contributed by atoms with Crippen LogP contribution in [0.15, 0.2) is 91.5 Å². The molecule has 0 unspecified atom stereocenters. The normalized spacial score (nSPS) is 17.8. The fourth-order valence-corrected chi connectivity index (χ4v) is 5.97. The lowest BCUT2D eigenvalue weighted by atomic mass is 9.80. The van der Waals surface area contributed by atoms with Crippen molar-refractivity contribution in [1.82, 2.24) is 24.8 Å². The van der Waals surface area contributed by atoms with Gasteiger partial charge in [-0.3, -0.25) is 9.36 Å². The van der Waals surface area contributed by atoms with Crippen molar-refractivity contribution in [2.75, 3.05) is 39.2 Å². The number of halogens is 3. The predicted octanol–water partition coefficient (Wildman–Crippen LogP) is 4.59. The lowest BCUT2D eigenvalue weighted by Gasteiger charge is -2.37. The van der Waals surface area contributed by atoms with Crippen LogP contribution in [0.25, 0.3) is 11.2 Å². The van der Waals surface area contributed by atoms with Gasteiger partial charge < -0.3 is 34.7 Å². The first-order valence-corrected chi connectivity index (χ1v) is 15.7. The van der Waals surface area contributed by atoms with Crippen molar-refractivity contribution < 1.29 is 42.0 Å². The quantitative estimate of drug-likeness (QED) is 0.119. The fourth-order valence-electron chi connectivity index (χ4n) is 5.97. The zero-order chi connectivity index (χ0) is 35.3. The van der Waals surface area contributed by atoms with Gasteiger partial charge in [0.1, 0.15) is 35.8 Å². The van der Waals surface area contributed by atoms with Crippen molar-refractivity contribution in [2.24, 2.45) is 0 Å². The second-order valence-corrected chi connectivity index (χ2v) is 11.5. The molecule has 3 heterocycles. The molecular formula is C35H35F3N6O6.